The molecule has 0 rings (SSSR count). The van der Waals surface area contributed by atoms with Crippen molar-refractivity contribution in [1.82, 2.24) is 0 Å². The average molecular weight is 256 g/mol. The number of rotatable bonds is 8. The van der Waals surface area contributed by atoms with Crippen LogP contribution in [0.25, 0.3) is 0 Å². The van der Waals surface area contributed by atoms with Crippen LogP contribution in [0.3, 0.4) is 0 Å². The zero-order valence-corrected chi connectivity index (χ0v) is 11.8. The second-order valence-electron chi connectivity index (χ2n) is 4.27. The van der Waals surface area contributed by atoms with E-state index in [1.165, 1.54) is 5.57 Å². The van der Waals surface area contributed by atoms with Crippen molar-refractivity contribution in [1.29, 1.82) is 0 Å². The molecule has 0 aromatic heterocycles. The van der Waals surface area contributed by atoms with E-state index in [1.54, 1.807) is 13.8 Å². The largest absolute Gasteiger partial charge is 0.465 e. The maximum Gasteiger partial charge on any atom is 0.320 e. The summed E-state index contributed by atoms with van der Waals surface area (Å²) in [7, 11) is 0. The molecule has 0 saturated carbocycles. The minimum atomic E-state index is -0.782. The minimum Gasteiger partial charge on any atom is -0.465 e. The molecule has 0 unspecified atom stereocenters. The van der Waals surface area contributed by atoms with Crippen molar-refractivity contribution in [2.75, 3.05) is 13.2 Å². The molecule has 18 heavy (non-hydrogen) atoms. The summed E-state index contributed by atoms with van der Waals surface area (Å²) < 4.78 is 9.79. The Kier molecular flexibility index (Phi) is 8.97. The molecule has 0 aromatic carbocycles. The maximum absolute atomic E-state index is 11.6. The Morgan fingerprint density at radius 2 is 1.56 bits per heavy atom. The second-order valence-corrected chi connectivity index (χ2v) is 4.27. The standard InChI is InChI=1S/C14H24O4/c1-5-17-13(15)12(14(16)18-6-2)10-8-7-9-11(3)4/h9,12H,5-8,10H2,1-4H3. The predicted octanol–water partition coefficient (Wildman–Crippen LogP) is 2.87. The number of allylic oxidation sites excluding steroid dienone is 2. The molecular weight excluding hydrogens is 232 g/mol. The highest BCUT2D eigenvalue weighted by Crippen LogP contribution is 2.14. The summed E-state index contributed by atoms with van der Waals surface area (Å²) in [5, 5.41) is 0. The van der Waals surface area contributed by atoms with Crippen molar-refractivity contribution in [3.8, 4) is 0 Å². The number of ether oxygens (including phenoxy) is 2. The first kappa shape index (κ1) is 16.7. The number of carbonyl (C=O) groups is 2. The van der Waals surface area contributed by atoms with E-state index >= 15 is 0 Å². The van der Waals surface area contributed by atoms with Crippen LogP contribution < -0.4 is 0 Å². The quantitative estimate of drug-likeness (QED) is 0.290. The van der Waals surface area contributed by atoms with Gasteiger partial charge in [-0.2, -0.15) is 0 Å². The Bertz CT molecular complexity index is 272. The van der Waals surface area contributed by atoms with Crippen LogP contribution in [-0.4, -0.2) is 25.2 Å². The Balaban J connectivity index is 4.33. The van der Waals surface area contributed by atoms with Crippen LogP contribution in [0, 0.1) is 5.92 Å². The molecule has 0 radical (unpaired) electrons. The molecule has 0 aromatic rings. The molecule has 0 heterocycles. The molecule has 0 N–H and O–H groups in total. The summed E-state index contributed by atoms with van der Waals surface area (Å²) in [6, 6.07) is 0. The van der Waals surface area contributed by atoms with Crippen molar-refractivity contribution in [3.05, 3.63) is 11.6 Å². The Morgan fingerprint density at radius 1 is 1.06 bits per heavy atom. The van der Waals surface area contributed by atoms with Gasteiger partial charge in [-0.3, -0.25) is 9.59 Å². The summed E-state index contributed by atoms with van der Waals surface area (Å²) in [5.41, 5.74) is 1.24. The average Bonchev–Trinajstić information content (AvgIpc) is 2.28. The van der Waals surface area contributed by atoms with Crippen LogP contribution in [0.4, 0.5) is 0 Å². The molecule has 0 aliphatic rings. The molecule has 0 saturated heterocycles. The summed E-state index contributed by atoms with van der Waals surface area (Å²) >= 11 is 0. The number of unbranched alkanes of at least 4 members (excludes halogenated alkanes) is 1. The summed E-state index contributed by atoms with van der Waals surface area (Å²) in [6.07, 6.45) is 4.19. The first-order chi connectivity index (χ1) is 8.52. The lowest BCUT2D eigenvalue weighted by Gasteiger charge is -2.13. The normalized spacial score (nSPS) is 10.1. The van der Waals surface area contributed by atoms with E-state index in [2.05, 4.69) is 6.08 Å². The van der Waals surface area contributed by atoms with Crippen LogP contribution in [0.15, 0.2) is 11.6 Å². The third kappa shape index (κ3) is 7.09. The van der Waals surface area contributed by atoms with Crippen LogP contribution in [0.1, 0.15) is 47.0 Å². The van der Waals surface area contributed by atoms with Gasteiger partial charge in [0.15, 0.2) is 5.92 Å². The third-order valence-electron chi connectivity index (χ3n) is 2.39. The zero-order chi connectivity index (χ0) is 14.0. The third-order valence-corrected chi connectivity index (χ3v) is 2.39. The lowest BCUT2D eigenvalue weighted by atomic mass is 10.0. The smallest absolute Gasteiger partial charge is 0.320 e. The highest BCUT2D eigenvalue weighted by Gasteiger charge is 2.28. The topological polar surface area (TPSA) is 52.6 Å². The van der Waals surface area contributed by atoms with E-state index in [4.69, 9.17) is 9.47 Å². The number of hydrogen-bond donors (Lipinski definition) is 0. The minimum absolute atomic E-state index is 0.280. The molecule has 0 bridgehead atoms. The predicted molar refractivity (Wildman–Crippen MR) is 70.0 cm³/mol. The Morgan fingerprint density at radius 3 is 1.94 bits per heavy atom. The zero-order valence-electron chi connectivity index (χ0n) is 11.8. The van der Waals surface area contributed by atoms with Crippen LogP contribution in [0.5, 0.6) is 0 Å². The van der Waals surface area contributed by atoms with Gasteiger partial charge in [-0.25, -0.2) is 0 Å². The SMILES string of the molecule is CCOC(=O)C(CCCC=C(C)C)C(=O)OCC. The van der Waals surface area contributed by atoms with E-state index in [-0.39, 0.29) is 13.2 Å². The maximum atomic E-state index is 11.6. The van der Waals surface area contributed by atoms with Gasteiger partial charge in [0, 0.05) is 0 Å². The Hall–Kier alpha value is -1.32. The van der Waals surface area contributed by atoms with Gasteiger partial charge in [0.05, 0.1) is 13.2 Å². The molecule has 104 valence electrons. The van der Waals surface area contributed by atoms with Crippen molar-refractivity contribution in [3.63, 3.8) is 0 Å². The van der Waals surface area contributed by atoms with Gasteiger partial charge in [-0.1, -0.05) is 11.6 Å². The van der Waals surface area contributed by atoms with Gasteiger partial charge in [0.2, 0.25) is 0 Å². The van der Waals surface area contributed by atoms with Crippen molar-refractivity contribution in [2.24, 2.45) is 5.92 Å². The highest BCUT2D eigenvalue weighted by molar-refractivity contribution is 5.94. The van der Waals surface area contributed by atoms with Gasteiger partial charge >= 0.3 is 11.9 Å². The van der Waals surface area contributed by atoms with Gasteiger partial charge in [-0.15, -0.1) is 0 Å². The molecule has 0 aliphatic heterocycles. The number of hydrogen-bond acceptors (Lipinski definition) is 4. The number of esters is 2. The van der Waals surface area contributed by atoms with E-state index < -0.39 is 17.9 Å². The van der Waals surface area contributed by atoms with Crippen molar-refractivity contribution < 1.29 is 19.1 Å². The van der Waals surface area contributed by atoms with E-state index in [0.717, 1.165) is 12.8 Å². The summed E-state index contributed by atoms with van der Waals surface area (Å²) in [4.78, 5) is 23.3. The first-order valence-corrected chi connectivity index (χ1v) is 6.49. The van der Waals surface area contributed by atoms with Gasteiger partial charge in [0.1, 0.15) is 0 Å². The molecule has 4 nitrogen and oxygen atoms in total. The highest BCUT2D eigenvalue weighted by atomic mass is 16.6. The van der Waals surface area contributed by atoms with Crippen LogP contribution >= 0.6 is 0 Å². The lowest BCUT2D eigenvalue weighted by molar-refractivity contribution is -0.161. The molecule has 0 spiro atoms. The molecular formula is C14H24O4. The monoisotopic (exact) mass is 256 g/mol. The summed E-state index contributed by atoms with van der Waals surface area (Å²) in [6.45, 7) is 8.06. The van der Waals surface area contributed by atoms with Crippen LogP contribution in [-0.2, 0) is 19.1 Å². The van der Waals surface area contributed by atoms with Crippen LogP contribution in [0.2, 0.25) is 0 Å². The van der Waals surface area contributed by atoms with E-state index in [9.17, 15) is 9.59 Å². The van der Waals surface area contributed by atoms with Gasteiger partial charge in [0.25, 0.3) is 0 Å². The van der Waals surface area contributed by atoms with E-state index in [1.807, 2.05) is 13.8 Å². The fourth-order valence-corrected chi connectivity index (χ4v) is 1.53. The molecule has 0 amide bonds. The summed E-state index contributed by atoms with van der Waals surface area (Å²) in [5.74, 6) is -1.74. The number of carbonyl (C=O) groups excluding carboxylic acids is 2. The van der Waals surface area contributed by atoms with Gasteiger partial charge < -0.3 is 9.47 Å². The lowest BCUT2D eigenvalue weighted by Crippen LogP contribution is -2.28. The fraction of sp³-hybridized carbons (Fsp3) is 0.714. The molecule has 0 atom stereocenters. The van der Waals surface area contributed by atoms with E-state index in [0.29, 0.717) is 6.42 Å². The fourth-order valence-electron chi connectivity index (χ4n) is 1.53. The first-order valence-electron chi connectivity index (χ1n) is 6.49. The molecule has 0 aliphatic carbocycles. The second kappa shape index (κ2) is 9.68. The van der Waals surface area contributed by atoms with Crippen molar-refractivity contribution in [2.45, 2.75) is 47.0 Å². The van der Waals surface area contributed by atoms with Gasteiger partial charge in [-0.05, 0) is 47.0 Å². The Labute approximate surface area is 109 Å². The van der Waals surface area contributed by atoms with Crippen molar-refractivity contribution >= 4 is 11.9 Å². The molecule has 4 heteroatoms. The molecule has 0 fully saturated rings.